The van der Waals surface area contributed by atoms with Crippen LogP contribution in [0.4, 0.5) is 5.69 Å². The summed E-state index contributed by atoms with van der Waals surface area (Å²) in [5.74, 6) is 0.571. The number of amides is 1. The van der Waals surface area contributed by atoms with Gasteiger partial charge < -0.3 is 10.1 Å². The van der Waals surface area contributed by atoms with Crippen LogP contribution in [0, 0.1) is 6.92 Å². The van der Waals surface area contributed by atoms with Gasteiger partial charge in [0, 0.05) is 10.0 Å². The molecule has 0 saturated carbocycles. The van der Waals surface area contributed by atoms with Crippen molar-refractivity contribution >= 4 is 37.5 Å². The lowest BCUT2D eigenvalue weighted by Crippen LogP contribution is -2.29. The van der Waals surface area contributed by atoms with Crippen molar-refractivity contribution in [2.75, 3.05) is 23.7 Å². The summed E-state index contributed by atoms with van der Waals surface area (Å²) >= 11 is 3.45. The van der Waals surface area contributed by atoms with Crippen molar-refractivity contribution in [2.24, 2.45) is 0 Å². The summed E-state index contributed by atoms with van der Waals surface area (Å²) in [6.45, 7) is 4.98. The second-order valence-corrected chi connectivity index (χ2v) is 11.2. The van der Waals surface area contributed by atoms with E-state index in [0.29, 0.717) is 24.4 Å². The molecule has 0 saturated heterocycles. The van der Waals surface area contributed by atoms with Gasteiger partial charge in [-0.1, -0.05) is 53.5 Å². The van der Waals surface area contributed by atoms with E-state index >= 15 is 0 Å². The Morgan fingerprint density at radius 1 is 1.00 bits per heavy atom. The Morgan fingerprint density at radius 3 is 2.26 bits per heavy atom. The van der Waals surface area contributed by atoms with E-state index in [-0.39, 0.29) is 12.5 Å². The number of nitrogens with one attached hydrogen (secondary N) is 1. The number of rotatable bonds is 11. The molecule has 35 heavy (non-hydrogen) atoms. The number of halogens is 1. The van der Waals surface area contributed by atoms with Gasteiger partial charge in [0.15, 0.2) is 0 Å². The van der Waals surface area contributed by atoms with E-state index in [1.165, 1.54) is 16.1 Å². The molecule has 186 valence electrons. The molecule has 0 aliphatic carbocycles. The first-order chi connectivity index (χ1) is 16.7. The van der Waals surface area contributed by atoms with Crippen LogP contribution in [0.25, 0.3) is 0 Å². The van der Waals surface area contributed by atoms with Crippen LogP contribution in [0.3, 0.4) is 0 Å². The molecule has 3 aromatic rings. The number of hydrogen-bond acceptors (Lipinski definition) is 4. The molecular formula is C27H31BrN2O4S. The molecule has 3 aromatic carbocycles. The molecule has 0 fully saturated rings. The van der Waals surface area contributed by atoms with Crippen molar-refractivity contribution in [1.82, 2.24) is 5.32 Å². The highest BCUT2D eigenvalue weighted by molar-refractivity contribution is 9.10. The molecule has 0 aliphatic rings. The van der Waals surface area contributed by atoms with Gasteiger partial charge in [0.05, 0.1) is 25.0 Å². The molecule has 0 atom stereocenters. The standard InChI is InChI=1S/C27H31BrN2O4S/c1-4-5-21-8-13-25(14-9-21)34-17-16-29-27(31)23-10-6-22(7-11-23)19-30(35(3,32)33)24-12-15-26(28)20(2)18-24/h6-15,18H,4-5,16-17,19H2,1-3H3,(H,29,31). The molecule has 0 bridgehead atoms. The summed E-state index contributed by atoms with van der Waals surface area (Å²) < 4.78 is 32.9. The fourth-order valence-corrected chi connectivity index (χ4v) is 4.71. The van der Waals surface area contributed by atoms with Gasteiger partial charge in [-0.2, -0.15) is 0 Å². The van der Waals surface area contributed by atoms with Gasteiger partial charge in [0.25, 0.3) is 5.91 Å². The molecule has 0 heterocycles. The minimum Gasteiger partial charge on any atom is -0.492 e. The minimum atomic E-state index is -3.49. The zero-order valence-electron chi connectivity index (χ0n) is 20.3. The van der Waals surface area contributed by atoms with E-state index in [4.69, 9.17) is 4.74 Å². The van der Waals surface area contributed by atoms with E-state index in [1.807, 2.05) is 31.2 Å². The molecule has 1 amide bonds. The molecule has 1 N–H and O–H groups in total. The molecular weight excluding hydrogens is 528 g/mol. The van der Waals surface area contributed by atoms with Gasteiger partial charge in [0.1, 0.15) is 12.4 Å². The lowest BCUT2D eigenvalue weighted by molar-refractivity contribution is 0.0947. The smallest absolute Gasteiger partial charge is 0.251 e. The highest BCUT2D eigenvalue weighted by Gasteiger charge is 2.19. The fraction of sp³-hybridized carbons (Fsp3) is 0.296. The van der Waals surface area contributed by atoms with Crippen LogP contribution in [0.2, 0.25) is 0 Å². The average Bonchev–Trinajstić information content (AvgIpc) is 2.83. The fourth-order valence-electron chi connectivity index (χ4n) is 3.59. The van der Waals surface area contributed by atoms with E-state index in [2.05, 4.69) is 40.3 Å². The third kappa shape index (κ3) is 7.83. The first kappa shape index (κ1) is 26.8. The van der Waals surface area contributed by atoms with E-state index < -0.39 is 10.0 Å². The zero-order valence-corrected chi connectivity index (χ0v) is 22.7. The number of nitrogens with zero attached hydrogens (tertiary/aromatic N) is 1. The summed E-state index contributed by atoms with van der Waals surface area (Å²) in [6.07, 6.45) is 3.34. The van der Waals surface area contributed by atoms with Crippen molar-refractivity contribution in [1.29, 1.82) is 0 Å². The van der Waals surface area contributed by atoms with Crippen LogP contribution in [0.1, 0.15) is 40.4 Å². The van der Waals surface area contributed by atoms with Gasteiger partial charge >= 0.3 is 0 Å². The third-order valence-electron chi connectivity index (χ3n) is 5.49. The maximum Gasteiger partial charge on any atom is 0.251 e. The van der Waals surface area contributed by atoms with Crippen LogP contribution in [0.5, 0.6) is 5.75 Å². The highest BCUT2D eigenvalue weighted by Crippen LogP contribution is 2.26. The average molecular weight is 560 g/mol. The summed E-state index contributed by atoms with van der Waals surface area (Å²) in [5, 5.41) is 2.85. The third-order valence-corrected chi connectivity index (χ3v) is 7.52. The quantitative estimate of drug-likeness (QED) is 0.316. The normalized spacial score (nSPS) is 11.2. The zero-order chi connectivity index (χ0) is 25.4. The maximum absolute atomic E-state index is 12.5. The van der Waals surface area contributed by atoms with Gasteiger partial charge in [-0.25, -0.2) is 8.42 Å². The first-order valence-electron chi connectivity index (χ1n) is 11.5. The number of anilines is 1. The van der Waals surface area contributed by atoms with Gasteiger partial charge in [-0.05, 0) is 72.5 Å². The van der Waals surface area contributed by atoms with Crippen molar-refractivity contribution in [3.05, 3.63) is 93.5 Å². The SMILES string of the molecule is CCCc1ccc(OCCNC(=O)c2ccc(CN(c3ccc(Br)c(C)c3)S(C)(=O)=O)cc2)cc1. The van der Waals surface area contributed by atoms with Crippen molar-refractivity contribution < 1.29 is 17.9 Å². The number of benzene rings is 3. The highest BCUT2D eigenvalue weighted by atomic mass is 79.9. The maximum atomic E-state index is 12.5. The Bertz CT molecular complexity index is 1240. The second-order valence-electron chi connectivity index (χ2n) is 8.40. The molecule has 0 unspecified atom stereocenters. The van der Waals surface area contributed by atoms with Crippen molar-refractivity contribution in [3.63, 3.8) is 0 Å². The Morgan fingerprint density at radius 2 is 1.66 bits per heavy atom. The van der Waals surface area contributed by atoms with Crippen molar-refractivity contribution in [2.45, 2.75) is 33.2 Å². The number of ether oxygens (including phenoxy) is 1. The second kappa shape index (κ2) is 12.2. The lowest BCUT2D eigenvalue weighted by atomic mass is 10.1. The van der Waals surface area contributed by atoms with Gasteiger partial charge in [-0.3, -0.25) is 9.10 Å². The summed E-state index contributed by atoms with van der Waals surface area (Å²) in [7, 11) is -3.49. The van der Waals surface area contributed by atoms with E-state index in [0.717, 1.165) is 34.2 Å². The Kier molecular flexibility index (Phi) is 9.34. The molecule has 0 spiro atoms. The van der Waals surface area contributed by atoms with Crippen molar-refractivity contribution in [3.8, 4) is 5.75 Å². The predicted molar refractivity (Wildman–Crippen MR) is 145 cm³/mol. The van der Waals surface area contributed by atoms with E-state index in [1.54, 1.807) is 30.3 Å². The lowest BCUT2D eigenvalue weighted by Gasteiger charge is -2.23. The monoisotopic (exact) mass is 558 g/mol. The number of carbonyl (C=O) groups is 1. The Hall–Kier alpha value is -2.84. The first-order valence-corrected chi connectivity index (χ1v) is 14.1. The number of hydrogen-bond donors (Lipinski definition) is 1. The van der Waals surface area contributed by atoms with Gasteiger partial charge in [0.2, 0.25) is 10.0 Å². The van der Waals surface area contributed by atoms with Crippen LogP contribution in [-0.2, 0) is 23.0 Å². The number of carbonyl (C=O) groups excluding carboxylic acids is 1. The minimum absolute atomic E-state index is 0.173. The van der Waals surface area contributed by atoms with Crippen LogP contribution < -0.4 is 14.4 Å². The van der Waals surface area contributed by atoms with Crippen LogP contribution >= 0.6 is 15.9 Å². The molecule has 0 aliphatic heterocycles. The topological polar surface area (TPSA) is 75.7 Å². The largest absolute Gasteiger partial charge is 0.492 e. The molecule has 0 aromatic heterocycles. The number of aryl methyl sites for hydroxylation is 2. The summed E-state index contributed by atoms with van der Waals surface area (Å²) in [6, 6.07) is 20.4. The summed E-state index contributed by atoms with van der Waals surface area (Å²) in [5.41, 5.74) is 4.10. The number of sulfonamides is 1. The van der Waals surface area contributed by atoms with E-state index in [9.17, 15) is 13.2 Å². The molecule has 0 radical (unpaired) electrons. The predicted octanol–water partition coefficient (Wildman–Crippen LogP) is 5.49. The van der Waals surface area contributed by atoms with Crippen LogP contribution in [0.15, 0.2) is 71.2 Å². The van der Waals surface area contributed by atoms with Crippen LogP contribution in [-0.4, -0.2) is 33.7 Å². The summed E-state index contributed by atoms with van der Waals surface area (Å²) in [4.78, 5) is 12.5. The molecule has 6 nitrogen and oxygen atoms in total. The van der Waals surface area contributed by atoms with Gasteiger partial charge in [-0.15, -0.1) is 0 Å². The molecule has 8 heteroatoms. The molecule has 3 rings (SSSR count). The Labute approximate surface area is 216 Å². The Balaban J connectivity index is 1.55.